The third-order valence-electron chi connectivity index (χ3n) is 3.60. The molecule has 20 heavy (non-hydrogen) atoms. The highest BCUT2D eigenvalue weighted by molar-refractivity contribution is 5.83. The van der Waals surface area contributed by atoms with E-state index >= 15 is 0 Å². The molecule has 0 amide bonds. The Morgan fingerprint density at radius 3 is 2.50 bits per heavy atom. The van der Waals surface area contributed by atoms with Crippen LogP contribution in [-0.2, 0) is 9.53 Å². The highest BCUT2D eigenvalue weighted by Crippen LogP contribution is 2.17. The quantitative estimate of drug-likeness (QED) is 0.250. The molecule has 0 rings (SSSR count). The van der Waals surface area contributed by atoms with Gasteiger partial charge in [-0.3, -0.25) is 0 Å². The summed E-state index contributed by atoms with van der Waals surface area (Å²) in [5.41, 5.74) is 2.42. The number of hydrogen-bond acceptors (Lipinski definition) is 2. The van der Waals surface area contributed by atoms with Crippen LogP contribution in [0.25, 0.3) is 0 Å². The molecule has 2 heteroatoms. The molecule has 0 bridgehead atoms. The normalized spacial score (nSPS) is 14.7. The first-order valence-electron chi connectivity index (χ1n) is 7.61. The first kappa shape index (κ1) is 18.7. The monoisotopic (exact) mass is 278 g/mol. The van der Waals surface area contributed by atoms with E-state index in [1.807, 2.05) is 13.0 Å². The minimum atomic E-state index is -0.292. The summed E-state index contributed by atoms with van der Waals surface area (Å²) in [6, 6.07) is 0. The molecule has 0 fully saturated rings. The Kier molecular flexibility index (Phi) is 10.8. The largest absolute Gasteiger partial charge is 0.466 e. The molecule has 0 aliphatic rings. The first-order chi connectivity index (χ1) is 9.53. The van der Waals surface area contributed by atoms with E-state index in [-0.39, 0.29) is 5.97 Å². The number of methoxy groups -OCH3 is 1. The zero-order chi connectivity index (χ0) is 15.4. The summed E-state index contributed by atoms with van der Waals surface area (Å²) in [6.07, 6.45) is 13.9. The Morgan fingerprint density at radius 2 is 1.95 bits per heavy atom. The van der Waals surface area contributed by atoms with Crippen molar-refractivity contribution in [2.45, 2.75) is 59.8 Å². The number of hydrogen-bond donors (Lipinski definition) is 0. The lowest BCUT2D eigenvalue weighted by atomic mass is 9.95. The molecule has 0 aliphatic heterocycles. The summed E-state index contributed by atoms with van der Waals surface area (Å²) in [4.78, 5) is 11.1. The minimum Gasteiger partial charge on any atom is -0.466 e. The predicted molar refractivity (Wildman–Crippen MR) is 86.6 cm³/mol. The van der Waals surface area contributed by atoms with Crippen LogP contribution < -0.4 is 0 Å². The maximum Gasteiger partial charge on any atom is 0.330 e. The second-order valence-corrected chi connectivity index (χ2v) is 5.31. The third kappa shape index (κ3) is 9.60. The van der Waals surface area contributed by atoms with Gasteiger partial charge < -0.3 is 4.74 Å². The van der Waals surface area contributed by atoms with E-state index in [9.17, 15) is 4.79 Å². The van der Waals surface area contributed by atoms with Crippen LogP contribution in [-0.4, -0.2) is 13.1 Å². The standard InChI is InChI=1S/C18H30O2/c1-6-15(3)10-8-12-17(7-2)13-9-11-16(4)14-18(19)20-5/h9-11,14,17H,6-8,12-13H2,1-5H3. The highest BCUT2D eigenvalue weighted by atomic mass is 16.5. The van der Waals surface area contributed by atoms with Gasteiger partial charge in [-0.15, -0.1) is 0 Å². The van der Waals surface area contributed by atoms with Crippen molar-refractivity contribution in [2.24, 2.45) is 5.92 Å². The van der Waals surface area contributed by atoms with Crippen molar-refractivity contribution in [1.82, 2.24) is 0 Å². The van der Waals surface area contributed by atoms with E-state index in [4.69, 9.17) is 0 Å². The summed E-state index contributed by atoms with van der Waals surface area (Å²) in [5, 5.41) is 0. The van der Waals surface area contributed by atoms with Gasteiger partial charge in [-0.2, -0.15) is 0 Å². The van der Waals surface area contributed by atoms with Crippen molar-refractivity contribution < 1.29 is 9.53 Å². The second kappa shape index (κ2) is 11.5. The number of rotatable bonds is 9. The van der Waals surface area contributed by atoms with Crippen molar-refractivity contribution >= 4 is 5.97 Å². The number of ether oxygens (including phenoxy) is 1. The fourth-order valence-corrected chi connectivity index (χ4v) is 1.94. The minimum absolute atomic E-state index is 0.292. The Labute approximate surface area is 124 Å². The Hall–Kier alpha value is -1.31. The molecule has 0 N–H and O–H groups in total. The molecule has 0 spiro atoms. The molecular formula is C18H30O2. The van der Waals surface area contributed by atoms with Crippen molar-refractivity contribution in [3.63, 3.8) is 0 Å². The number of esters is 1. The average molecular weight is 278 g/mol. The van der Waals surface area contributed by atoms with Crippen LogP contribution in [0.15, 0.2) is 35.5 Å². The van der Waals surface area contributed by atoms with Crippen LogP contribution in [0.2, 0.25) is 0 Å². The molecule has 0 radical (unpaired) electrons. The second-order valence-electron chi connectivity index (χ2n) is 5.31. The molecule has 0 saturated carbocycles. The van der Waals surface area contributed by atoms with Gasteiger partial charge in [-0.25, -0.2) is 4.79 Å². The fourth-order valence-electron chi connectivity index (χ4n) is 1.94. The van der Waals surface area contributed by atoms with Crippen LogP contribution in [0.3, 0.4) is 0 Å². The van der Waals surface area contributed by atoms with Crippen LogP contribution in [0.5, 0.6) is 0 Å². The zero-order valence-electron chi connectivity index (χ0n) is 13.7. The van der Waals surface area contributed by atoms with E-state index in [2.05, 4.69) is 37.7 Å². The predicted octanol–water partition coefficient (Wildman–Crippen LogP) is 5.21. The molecule has 0 heterocycles. The Bertz CT molecular complexity index is 362. The third-order valence-corrected chi connectivity index (χ3v) is 3.60. The van der Waals surface area contributed by atoms with Gasteiger partial charge in [0.25, 0.3) is 0 Å². The molecule has 2 nitrogen and oxygen atoms in total. The summed E-state index contributed by atoms with van der Waals surface area (Å²) < 4.78 is 4.60. The number of allylic oxidation sites excluding steroid dienone is 5. The summed E-state index contributed by atoms with van der Waals surface area (Å²) in [7, 11) is 1.40. The molecule has 0 aromatic rings. The lowest BCUT2D eigenvalue weighted by molar-refractivity contribution is -0.134. The van der Waals surface area contributed by atoms with Gasteiger partial charge >= 0.3 is 5.97 Å². The van der Waals surface area contributed by atoms with E-state index in [1.165, 1.54) is 38.0 Å². The Morgan fingerprint density at radius 1 is 1.25 bits per heavy atom. The van der Waals surface area contributed by atoms with Crippen molar-refractivity contribution in [3.05, 3.63) is 35.5 Å². The molecule has 1 unspecified atom stereocenters. The van der Waals surface area contributed by atoms with Gasteiger partial charge in [0.1, 0.15) is 0 Å². The molecule has 0 saturated heterocycles. The van der Waals surface area contributed by atoms with E-state index in [0.717, 1.165) is 24.3 Å². The van der Waals surface area contributed by atoms with E-state index in [1.54, 1.807) is 0 Å². The van der Waals surface area contributed by atoms with Crippen molar-refractivity contribution in [2.75, 3.05) is 7.11 Å². The number of carbonyl (C=O) groups excluding carboxylic acids is 1. The van der Waals surface area contributed by atoms with Gasteiger partial charge in [0.05, 0.1) is 7.11 Å². The average Bonchev–Trinajstić information content (AvgIpc) is 2.44. The van der Waals surface area contributed by atoms with E-state index in [0.29, 0.717) is 0 Å². The summed E-state index contributed by atoms with van der Waals surface area (Å²) in [5.74, 6) is 0.428. The molecule has 0 aromatic carbocycles. The SMILES string of the molecule is CCC(C)=CCCC(CC)CC=CC(C)=CC(=O)OC. The zero-order valence-corrected chi connectivity index (χ0v) is 13.7. The van der Waals surface area contributed by atoms with Gasteiger partial charge in [-0.05, 0) is 51.0 Å². The summed E-state index contributed by atoms with van der Waals surface area (Å²) >= 11 is 0. The summed E-state index contributed by atoms with van der Waals surface area (Å²) in [6.45, 7) is 8.55. The molecule has 0 aromatic heterocycles. The van der Waals surface area contributed by atoms with Gasteiger partial charge in [-0.1, -0.05) is 44.1 Å². The maximum atomic E-state index is 11.1. The van der Waals surface area contributed by atoms with Crippen LogP contribution in [0, 0.1) is 5.92 Å². The number of carbonyl (C=O) groups is 1. The smallest absolute Gasteiger partial charge is 0.330 e. The first-order valence-corrected chi connectivity index (χ1v) is 7.61. The highest BCUT2D eigenvalue weighted by Gasteiger charge is 2.03. The van der Waals surface area contributed by atoms with E-state index < -0.39 is 0 Å². The topological polar surface area (TPSA) is 26.3 Å². The molecular weight excluding hydrogens is 248 g/mol. The van der Waals surface area contributed by atoms with Gasteiger partial charge in [0.15, 0.2) is 0 Å². The van der Waals surface area contributed by atoms with Gasteiger partial charge in [0.2, 0.25) is 0 Å². The van der Waals surface area contributed by atoms with Crippen LogP contribution in [0.4, 0.5) is 0 Å². The van der Waals surface area contributed by atoms with Crippen molar-refractivity contribution in [1.29, 1.82) is 0 Å². The molecule has 114 valence electrons. The van der Waals surface area contributed by atoms with Crippen LogP contribution >= 0.6 is 0 Å². The lowest BCUT2D eigenvalue weighted by Gasteiger charge is -2.11. The Balaban J connectivity index is 4.18. The lowest BCUT2D eigenvalue weighted by Crippen LogP contribution is -1.97. The molecule has 1 atom stereocenters. The molecule has 0 aliphatic carbocycles. The van der Waals surface area contributed by atoms with Gasteiger partial charge in [0, 0.05) is 6.08 Å². The maximum absolute atomic E-state index is 11.1. The van der Waals surface area contributed by atoms with Crippen molar-refractivity contribution in [3.8, 4) is 0 Å². The fraction of sp³-hybridized carbons (Fsp3) is 0.611. The van der Waals surface area contributed by atoms with Crippen LogP contribution in [0.1, 0.15) is 59.8 Å².